The van der Waals surface area contributed by atoms with E-state index in [4.69, 9.17) is 11.6 Å². The molecule has 1 unspecified atom stereocenters. The van der Waals surface area contributed by atoms with Gasteiger partial charge in [-0.25, -0.2) is 13.8 Å². The first-order valence-corrected chi connectivity index (χ1v) is 6.16. The lowest BCUT2D eigenvalue weighted by Gasteiger charge is -2.12. The van der Waals surface area contributed by atoms with E-state index in [0.29, 0.717) is 10.2 Å². The van der Waals surface area contributed by atoms with Crippen LogP contribution >= 0.6 is 27.5 Å². The summed E-state index contributed by atoms with van der Waals surface area (Å²) in [6.07, 6.45) is -3.36. The highest BCUT2D eigenvalue weighted by Gasteiger charge is 2.10. The quantitative estimate of drug-likeness (QED) is 0.623. The topological polar surface area (TPSA) is 45.1 Å². The maximum Gasteiger partial charge on any atom is 0.239 e. The van der Waals surface area contributed by atoms with Crippen LogP contribution in [0.2, 0.25) is 5.15 Å². The number of aromatic nitrogens is 1. The van der Waals surface area contributed by atoms with Crippen LogP contribution in [0.15, 0.2) is 16.7 Å². The van der Waals surface area contributed by atoms with Crippen LogP contribution in [-0.2, 0) is 0 Å². The molecule has 0 fully saturated rings. The summed E-state index contributed by atoms with van der Waals surface area (Å²) in [7, 11) is 0. The van der Waals surface area contributed by atoms with Crippen molar-refractivity contribution < 1.29 is 13.9 Å². The van der Waals surface area contributed by atoms with Crippen molar-refractivity contribution in [3.8, 4) is 0 Å². The van der Waals surface area contributed by atoms with Crippen LogP contribution in [-0.4, -0.2) is 29.6 Å². The Kier molecular flexibility index (Phi) is 6.26. The Balaban J connectivity index is 2.43. The predicted molar refractivity (Wildman–Crippen MR) is 65.4 cm³/mol. The van der Waals surface area contributed by atoms with Crippen molar-refractivity contribution in [2.45, 2.75) is 19.0 Å². The lowest BCUT2D eigenvalue weighted by Crippen LogP contribution is -2.23. The molecule has 1 aromatic rings. The van der Waals surface area contributed by atoms with E-state index in [0.717, 1.165) is 0 Å². The maximum atomic E-state index is 11.9. The van der Waals surface area contributed by atoms with E-state index in [1.54, 1.807) is 6.07 Å². The third-order valence-corrected chi connectivity index (χ3v) is 2.65. The van der Waals surface area contributed by atoms with Gasteiger partial charge in [-0.1, -0.05) is 11.6 Å². The number of aliphatic hydroxyl groups excluding tert-OH is 1. The normalized spacial score (nSPS) is 13.1. The highest BCUT2D eigenvalue weighted by atomic mass is 79.9. The number of pyridine rings is 1. The standard InChI is InChI=1S/C10H12BrClF2N2O/c11-8-3-6(4-9(12)16-8)7(17)5-15-2-1-10(13)14/h3-4,7,10,15,17H,1-2,5H2. The number of nitrogens with one attached hydrogen (secondary N) is 1. The monoisotopic (exact) mass is 328 g/mol. The summed E-state index contributed by atoms with van der Waals surface area (Å²) in [6.45, 7) is 0.355. The molecule has 0 aliphatic rings. The second kappa shape index (κ2) is 7.20. The van der Waals surface area contributed by atoms with Gasteiger partial charge in [0, 0.05) is 19.5 Å². The lowest BCUT2D eigenvalue weighted by atomic mass is 10.1. The van der Waals surface area contributed by atoms with E-state index in [-0.39, 0.29) is 24.7 Å². The predicted octanol–water partition coefficient (Wildman–Crippen LogP) is 2.78. The molecule has 7 heteroatoms. The van der Waals surface area contributed by atoms with Gasteiger partial charge in [0.05, 0.1) is 6.10 Å². The van der Waals surface area contributed by atoms with Gasteiger partial charge in [-0.3, -0.25) is 0 Å². The lowest BCUT2D eigenvalue weighted by molar-refractivity contribution is 0.131. The second-order valence-electron chi connectivity index (χ2n) is 3.45. The summed E-state index contributed by atoms with van der Waals surface area (Å²) in [4.78, 5) is 3.89. The number of hydrogen-bond donors (Lipinski definition) is 2. The number of hydrogen-bond acceptors (Lipinski definition) is 3. The Morgan fingerprint density at radius 3 is 2.76 bits per heavy atom. The minimum Gasteiger partial charge on any atom is -0.387 e. The van der Waals surface area contributed by atoms with Gasteiger partial charge in [0.1, 0.15) is 9.76 Å². The molecule has 1 rings (SSSR count). The Hall–Kier alpha value is -0.300. The molecule has 0 bridgehead atoms. The van der Waals surface area contributed by atoms with E-state index in [1.807, 2.05) is 0 Å². The van der Waals surface area contributed by atoms with Gasteiger partial charge >= 0.3 is 0 Å². The van der Waals surface area contributed by atoms with Crippen molar-refractivity contribution >= 4 is 27.5 Å². The minimum atomic E-state index is -2.33. The van der Waals surface area contributed by atoms with E-state index in [2.05, 4.69) is 26.2 Å². The molecule has 1 atom stereocenters. The highest BCUT2D eigenvalue weighted by Crippen LogP contribution is 2.20. The molecule has 17 heavy (non-hydrogen) atoms. The molecule has 0 aliphatic carbocycles. The largest absolute Gasteiger partial charge is 0.387 e. The average Bonchev–Trinajstić information content (AvgIpc) is 2.22. The van der Waals surface area contributed by atoms with E-state index < -0.39 is 12.5 Å². The molecule has 0 saturated carbocycles. The van der Waals surface area contributed by atoms with Crippen molar-refractivity contribution in [3.63, 3.8) is 0 Å². The van der Waals surface area contributed by atoms with Gasteiger partial charge in [-0.2, -0.15) is 0 Å². The third kappa shape index (κ3) is 5.72. The molecule has 96 valence electrons. The molecule has 0 aromatic carbocycles. The number of nitrogens with zero attached hydrogens (tertiary/aromatic N) is 1. The molecule has 0 spiro atoms. The molecule has 0 amide bonds. The number of halogens is 4. The summed E-state index contributed by atoms with van der Waals surface area (Å²) in [5.74, 6) is 0. The number of rotatable bonds is 6. The molecule has 1 aromatic heterocycles. The maximum absolute atomic E-state index is 11.9. The van der Waals surface area contributed by atoms with Gasteiger partial charge in [0.25, 0.3) is 0 Å². The van der Waals surface area contributed by atoms with Crippen molar-refractivity contribution in [1.82, 2.24) is 10.3 Å². The van der Waals surface area contributed by atoms with Crippen LogP contribution in [0.25, 0.3) is 0 Å². The van der Waals surface area contributed by atoms with Crippen LogP contribution in [0, 0.1) is 0 Å². The van der Waals surface area contributed by atoms with Crippen molar-refractivity contribution in [3.05, 3.63) is 27.5 Å². The molecular formula is C10H12BrClF2N2O. The van der Waals surface area contributed by atoms with Gasteiger partial charge in [0.2, 0.25) is 6.43 Å². The van der Waals surface area contributed by atoms with Crippen molar-refractivity contribution in [2.75, 3.05) is 13.1 Å². The first-order chi connectivity index (χ1) is 7.99. The fraction of sp³-hybridized carbons (Fsp3) is 0.500. The van der Waals surface area contributed by atoms with E-state index >= 15 is 0 Å². The smallest absolute Gasteiger partial charge is 0.239 e. The molecule has 1 heterocycles. The molecule has 3 nitrogen and oxygen atoms in total. The molecule has 2 N–H and O–H groups in total. The van der Waals surface area contributed by atoms with Gasteiger partial charge in [0.15, 0.2) is 0 Å². The Morgan fingerprint density at radius 1 is 1.47 bits per heavy atom. The van der Waals surface area contributed by atoms with Gasteiger partial charge < -0.3 is 10.4 Å². The highest BCUT2D eigenvalue weighted by molar-refractivity contribution is 9.10. The van der Waals surface area contributed by atoms with Crippen molar-refractivity contribution in [2.24, 2.45) is 0 Å². The molecule has 0 radical (unpaired) electrons. The fourth-order valence-electron chi connectivity index (χ4n) is 1.24. The van der Waals surface area contributed by atoms with Crippen LogP contribution in [0.4, 0.5) is 8.78 Å². The first kappa shape index (κ1) is 14.8. The van der Waals surface area contributed by atoms with Crippen LogP contribution in [0.1, 0.15) is 18.1 Å². The molecule has 0 saturated heterocycles. The summed E-state index contributed by atoms with van der Waals surface area (Å²) >= 11 is 8.88. The minimum absolute atomic E-state index is 0.161. The second-order valence-corrected chi connectivity index (χ2v) is 4.65. The zero-order valence-electron chi connectivity index (χ0n) is 8.84. The number of aliphatic hydroxyl groups is 1. The average molecular weight is 330 g/mol. The van der Waals surface area contributed by atoms with Gasteiger partial charge in [-0.15, -0.1) is 0 Å². The third-order valence-electron chi connectivity index (χ3n) is 2.05. The summed E-state index contributed by atoms with van der Waals surface area (Å²) in [5, 5.41) is 12.8. The van der Waals surface area contributed by atoms with Crippen LogP contribution in [0.5, 0.6) is 0 Å². The number of alkyl halides is 2. The Bertz CT molecular complexity index is 348. The molecular weight excluding hydrogens is 317 g/mol. The zero-order chi connectivity index (χ0) is 12.8. The zero-order valence-corrected chi connectivity index (χ0v) is 11.2. The molecule has 0 aliphatic heterocycles. The Morgan fingerprint density at radius 2 is 2.18 bits per heavy atom. The van der Waals surface area contributed by atoms with Crippen LogP contribution in [0.3, 0.4) is 0 Å². The van der Waals surface area contributed by atoms with E-state index in [1.165, 1.54) is 6.07 Å². The fourth-order valence-corrected chi connectivity index (χ4v) is 2.02. The van der Waals surface area contributed by atoms with Crippen molar-refractivity contribution in [1.29, 1.82) is 0 Å². The summed E-state index contributed by atoms with van der Waals surface area (Å²) in [6, 6.07) is 3.16. The first-order valence-electron chi connectivity index (χ1n) is 4.99. The Labute approximate surface area is 111 Å². The summed E-state index contributed by atoms with van der Waals surface area (Å²) < 4.78 is 24.2. The summed E-state index contributed by atoms with van der Waals surface area (Å²) in [5.41, 5.74) is 0.585. The van der Waals surface area contributed by atoms with Crippen LogP contribution < -0.4 is 5.32 Å². The van der Waals surface area contributed by atoms with E-state index in [9.17, 15) is 13.9 Å². The van der Waals surface area contributed by atoms with Gasteiger partial charge in [-0.05, 0) is 33.6 Å². The SMILES string of the molecule is OC(CNCCC(F)F)c1cc(Cl)nc(Br)c1.